The molecule has 0 radical (unpaired) electrons. The minimum Gasteiger partial charge on any atom is -0.357 e. The Morgan fingerprint density at radius 2 is 2.40 bits per heavy atom. The largest absolute Gasteiger partial charge is 0.357 e. The Hall–Kier alpha value is 0.180. The van der Waals surface area contributed by atoms with Crippen LogP contribution < -0.4 is 0 Å². The van der Waals surface area contributed by atoms with Gasteiger partial charge in [0.1, 0.15) is 6.17 Å². The van der Waals surface area contributed by atoms with E-state index in [9.17, 15) is 4.39 Å². The van der Waals surface area contributed by atoms with Gasteiger partial charge in [-0.2, -0.15) is 0 Å². The molecule has 0 amide bonds. The molecule has 0 aromatic carbocycles. The molecule has 0 aromatic rings. The number of halogens is 2. The van der Waals surface area contributed by atoms with Crippen molar-refractivity contribution in [2.24, 2.45) is 0 Å². The van der Waals surface area contributed by atoms with E-state index in [4.69, 9.17) is 16.3 Å². The van der Waals surface area contributed by atoms with Gasteiger partial charge in [-0.3, -0.25) is 0 Å². The van der Waals surface area contributed by atoms with E-state index in [0.717, 1.165) is 12.8 Å². The van der Waals surface area contributed by atoms with Gasteiger partial charge in [0.2, 0.25) is 0 Å². The van der Waals surface area contributed by atoms with E-state index < -0.39 is 11.2 Å². The maximum atomic E-state index is 12.3. The first-order chi connectivity index (χ1) is 4.69. The molecule has 0 saturated heterocycles. The number of rotatable bonds is 4. The molecule has 1 aliphatic carbocycles. The monoisotopic (exact) mass is 166 g/mol. The van der Waals surface area contributed by atoms with Gasteiger partial charge in [0, 0.05) is 13.0 Å². The van der Waals surface area contributed by atoms with Crippen molar-refractivity contribution >= 4 is 11.6 Å². The van der Waals surface area contributed by atoms with Crippen molar-refractivity contribution < 1.29 is 9.13 Å². The van der Waals surface area contributed by atoms with Gasteiger partial charge in [0.15, 0.2) is 5.06 Å². The van der Waals surface area contributed by atoms with Gasteiger partial charge >= 0.3 is 0 Å². The zero-order valence-corrected chi connectivity index (χ0v) is 6.83. The Labute approximate surface area is 65.5 Å². The Balaban J connectivity index is 2.03. The van der Waals surface area contributed by atoms with Crippen LogP contribution in [0, 0.1) is 0 Å². The van der Waals surface area contributed by atoms with Crippen LogP contribution in [0.15, 0.2) is 0 Å². The predicted molar refractivity (Wildman–Crippen MR) is 39.0 cm³/mol. The average Bonchev–Trinajstić information content (AvgIpc) is 2.42. The van der Waals surface area contributed by atoms with Crippen molar-refractivity contribution in [3.05, 3.63) is 0 Å². The summed E-state index contributed by atoms with van der Waals surface area (Å²) in [6.45, 7) is 2.64. The molecule has 3 heteroatoms. The first-order valence-corrected chi connectivity index (χ1v) is 4.04. The Morgan fingerprint density at radius 3 is 2.80 bits per heavy atom. The zero-order valence-electron chi connectivity index (χ0n) is 6.07. The van der Waals surface area contributed by atoms with Crippen molar-refractivity contribution in [2.45, 2.75) is 37.4 Å². The number of hydrogen-bond acceptors (Lipinski definition) is 1. The summed E-state index contributed by atoms with van der Waals surface area (Å²) >= 11 is 5.63. The van der Waals surface area contributed by atoms with Crippen LogP contribution in [0.1, 0.15) is 26.2 Å². The summed E-state index contributed by atoms with van der Waals surface area (Å²) in [7, 11) is 0. The molecule has 0 bridgehead atoms. The van der Waals surface area contributed by atoms with E-state index in [1.807, 2.05) is 0 Å². The van der Waals surface area contributed by atoms with E-state index in [1.165, 1.54) is 0 Å². The smallest absolute Gasteiger partial charge is 0.175 e. The highest BCUT2D eigenvalue weighted by Gasteiger charge is 2.55. The van der Waals surface area contributed by atoms with E-state index in [1.54, 1.807) is 0 Å². The van der Waals surface area contributed by atoms with Gasteiger partial charge in [-0.15, -0.1) is 0 Å². The molecule has 2 unspecified atom stereocenters. The lowest BCUT2D eigenvalue weighted by Gasteiger charge is -2.06. The second kappa shape index (κ2) is 3.05. The topological polar surface area (TPSA) is 9.23 Å². The number of hydrogen-bond donors (Lipinski definition) is 0. The van der Waals surface area contributed by atoms with Gasteiger partial charge in [-0.1, -0.05) is 24.9 Å². The van der Waals surface area contributed by atoms with Crippen LogP contribution in [-0.4, -0.2) is 17.8 Å². The SMILES string of the molecule is CCCCOC1(Cl)CC1F. The van der Waals surface area contributed by atoms with E-state index in [0.29, 0.717) is 13.0 Å². The molecule has 0 heterocycles. The quantitative estimate of drug-likeness (QED) is 0.461. The van der Waals surface area contributed by atoms with Crippen LogP contribution in [0.5, 0.6) is 0 Å². The van der Waals surface area contributed by atoms with Gasteiger partial charge < -0.3 is 4.74 Å². The molecule has 0 aliphatic heterocycles. The molecule has 1 saturated carbocycles. The predicted octanol–water partition coefficient (Wildman–Crippen LogP) is 2.48. The van der Waals surface area contributed by atoms with Crippen LogP contribution in [0.2, 0.25) is 0 Å². The summed E-state index contributed by atoms with van der Waals surface area (Å²) in [5.74, 6) is 0. The molecule has 60 valence electrons. The molecule has 0 aromatic heterocycles. The zero-order chi connectivity index (χ0) is 7.61. The molecule has 0 spiro atoms. The lowest BCUT2D eigenvalue weighted by molar-refractivity contribution is 0.0709. The summed E-state index contributed by atoms with van der Waals surface area (Å²) < 4.78 is 17.4. The molecule has 1 nitrogen and oxygen atoms in total. The van der Waals surface area contributed by atoms with Gasteiger partial charge in [0.25, 0.3) is 0 Å². The fourth-order valence-electron chi connectivity index (χ4n) is 0.721. The van der Waals surface area contributed by atoms with Crippen LogP contribution in [0.3, 0.4) is 0 Å². The lowest BCUT2D eigenvalue weighted by atomic mass is 10.4. The molecule has 1 fully saturated rings. The minimum atomic E-state index is -0.939. The second-order valence-corrected chi connectivity index (χ2v) is 3.30. The molecule has 1 aliphatic rings. The standard InChI is InChI=1S/C7H12ClFO/c1-2-3-4-10-7(8)5-6(7)9/h6H,2-5H2,1H3. The number of unbranched alkanes of at least 4 members (excludes halogenated alkanes) is 1. The summed E-state index contributed by atoms with van der Waals surface area (Å²) in [6.07, 6.45) is 1.44. The number of alkyl halides is 2. The summed E-state index contributed by atoms with van der Waals surface area (Å²) in [6, 6.07) is 0. The summed E-state index contributed by atoms with van der Waals surface area (Å²) in [5, 5.41) is -0.935. The van der Waals surface area contributed by atoms with Crippen LogP contribution >= 0.6 is 11.6 Å². The average molecular weight is 167 g/mol. The normalized spacial score (nSPS) is 38.1. The van der Waals surface area contributed by atoms with Crippen molar-refractivity contribution in [1.82, 2.24) is 0 Å². The van der Waals surface area contributed by atoms with Gasteiger partial charge in [-0.25, -0.2) is 4.39 Å². The highest BCUT2D eigenvalue weighted by Crippen LogP contribution is 2.46. The molecule has 2 atom stereocenters. The first kappa shape index (κ1) is 8.28. The second-order valence-electron chi connectivity index (χ2n) is 2.66. The molecule has 1 rings (SSSR count). The Morgan fingerprint density at radius 1 is 1.80 bits per heavy atom. The third kappa shape index (κ3) is 1.83. The van der Waals surface area contributed by atoms with E-state index in [2.05, 4.69) is 6.92 Å². The van der Waals surface area contributed by atoms with Gasteiger partial charge in [0.05, 0.1) is 0 Å². The van der Waals surface area contributed by atoms with E-state index >= 15 is 0 Å². The third-order valence-corrected chi connectivity index (χ3v) is 2.11. The van der Waals surface area contributed by atoms with Crippen molar-refractivity contribution in [3.8, 4) is 0 Å². The fraction of sp³-hybridized carbons (Fsp3) is 1.00. The highest BCUT2D eigenvalue weighted by molar-refractivity contribution is 6.25. The Bertz CT molecular complexity index is 120. The minimum absolute atomic E-state index is 0.359. The highest BCUT2D eigenvalue weighted by atomic mass is 35.5. The first-order valence-electron chi connectivity index (χ1n) is 3.66. The summed E-state index contributed by atoms with van der Waals surface area (Å²) in [5.41, 5.74) is 0. The van der Waals surface area contributed by atoms with Crippen LogP contribution in [-0.2, 0) is 4.74 Å². The molecule has 0 N–H and O–H groups in total. The van der Waals surface area contributed by atoms with E-state index in [-0.39, 0.29) is 0 Å². The van der Waals surface area contributed by atoms with Crippen LogP contribution in [0.4, 0.5) is 4.39 Å². The van der Waals surface area contributed by atoms with Crippen molar-refractivity contribution in [3.63, 3.8) is 0 Å². The third-order valence-electron chi connectivity index (χ3n) is 1.61. The molecule has 10 heavy (non-hydrogen) atoms. The molecular weight excluding hydrogens is 155 g/mol. The Kier molecular flexibility index (Phi) is 2.53. The summed E-state index contributed by atoms with van der Waals surface area (Å²) in [4.78, 5) is 0. The van der Waals surface area contributed by atoms with Crippen molar-refractivity contribution in [1.29, 1.82) is 0 Å². The maximum Gasteiger partial charge on any atom is 0.175 e. The number of ether oxygens (including phenoxy) is 1. The fourth-order valence-corrected chi connectivity index (χ4v) is 0.934. The molecular formula is C7H12ClFO. The van der Waals surface area contributed by atoms with Crippen molar-refractivity contribution in [2.75, 3.05) is 6.61 Å². The maximum absolute atomic E-state index is 12.3. The van der Waals surface area contributed by atoms with Crippen LogP contribution in [0.25, 0.3) is 0 Å². The van der Waals surface area contributed by atoms with Gasteiger partial charge in [-0.05, 0) is 6.42 Å². The lowest BCUT2D eigenvalue weighted by Crippen LogP contribution is -2.10.